The number of hydrogen-bond donors (Lipinski definition) is 2. The van der Waals surface area contributed by atoms with Gasteiger partial charge in [-0.05, 0) is 32.9 Å². The molecule has 0 aliphatic carbocycles. The standard InChI is InChI=1S/C12H19N3/c1-8(2)15-9(3)7-14-11-6-4-5-10(13)12(11)15/h4-6,8-9,14H,7,13H2,1-3H3. The van der Waals surface area contributed by atoms with Gasteiger partial charge in [0.1, 0.15) is 0 Å². The lowest BCUT2D eigenvalue weighted by Crippen LogP contribution is -2.46. The number of rotatable bonds is 1. The quantitative estimate of drug-likeness (QED) is 0.691. The maximum absolute atomic E-state index is 6.05. The van der Waals surface area contributed by atoms with Crippen molar-refractivity contribution in [1.82, 2.24) is 0 Å². The second-order valence-electron chi connectivity index (χ2n) is 4.47. The Morgan fingerprint density at radius 1 is 1.47 bits per heavy atom. The lowest BCUT2D eigenvalue weighted by molar-refractivity contribution is 0.581. The molecule has 3 nitrogen and oxygen atoms in total. The topological polar surface area (TPSA) is 41.3 Å². The Labute approximate surface area is 91.3 Å². The summed E-state index contributed by atoms with van der Waals surface area (Å²) in [6.07, 6.45) is 0. The Morgan fingerprint density at radius 3 is 2.87 bits per heavy atom. The van der Waals surface area contributed by atoms with E-state index in [2.05, 4.69) is 37.1 Å². The number of nitrogen functional groups attached to an aromatic ring is 1. The number of nitrogens with one attached hydrogen (secondary N) is 1. The molecule has 3 N–H and O–H groups in total. The van der Waals surface area contributed by atoms with Crippen LogP contribution in [0.3, 0.4) is 0 Å². The van der Waals surface area contributed by atoms with Crippen LogP contribution in [0.15, 0.2) is 18.2 Å². The minimum absolute atomic E-state index is 0.477. The summed E-state index contributed by atoms with van der Waals surface area (Å²) in [6.45, 7) is 7.62. The van der Waals surface area contributed by atoms with Crippen LogP contribution in [0.2, 0.25) is 0 Å². The molecule has 0 bridgehead atoms. The second-order valence-corrected chi connectivity index (χ2v) is 4.47. The molecule has 0 spiro atoms. The number of anilines is 3. The molecule has 0 aromatic heterocycles. The summed E-state index contributed by atoms with van der Waals surface area (Å²) in [5.74, 6) is 0. The molecule has 1 heterocycles. The van der Waals surface area contributed by atoms with Crippen LogP contribution in [-0.4, -0.2) is 18.6 Å². The molecule has 0 amide bonds. The van der Waals surface area contributed by atoms with E-state index in [9.17, 15) is 0 Å². The van der Waals surface area contributed by atoms with Gasteiger partial charge in [0.15, 0.2) is 0 Å². The lowest BCUT2D eigenvalue weighted by Gasteiger charge is -2.41. The van der Waals surface area contributed by atoms with E-state index >= 15 is 0 Å². The minimum Gasteiger partial charge on any atom is -0.397 e. The van der Waals surface area contributed by atoms with Crippen LogP contribution < -0.4 is 16.0 Å². The summed E-state index contributed by atoms with van der Waals surface area (Å²) >= 11 is 0. The van der Waals surface area contributed by atoms with Crippen molar-refractivity contribution in [2.24, 2.45) is 0 Å². The average molecular weight is 205 g/mol. The fourth-order valence-corrected chi connectivity index (χ4v) is 2.34. The normalized spacial score (nSPS) is 20.0. The highest BCUT2D eigenvalue weighted by molar-refractivity contribution is 5.84. The highest BCUT2D eigenvalue weighted by Gasteiger charge is 2.26. The first-order chi connectivity index (χ1) is 7.11. The van der Waals surface area contributed by atoms with Gasteiger partial charge in [-0.15, -0.1) is 0 Å². The molecule has 1 aromatic rings. The smallest absolute Gasteiger partial charge is 0.0840 e. The molecule has 15 heavy (non-hydrogen) atoms. The number of fused-ring (bicyclic) bond motifs is 1. The summed E-state index contributed by atoms with van der Waals surface area (Å²) in [7, 11) is 0. The van der Waals surface area contributed by atoms with E-state index in [0.717, 1.165) is 23.6 Å². The number of nitrogens with two attached hydrogens (primary N) is 1. The number of benzene rings is 1. The van der Waals surface area contributed by atoms with Crippen molar-refractivity contribution in [2.75, 3.05) is 22.5 Å². The molecule has 2 rings (SSSR count). The summed E-state index contributed by atoms with van der Waals surface area (Å²) < 4.78 is 0. The average Bonchev–Trinajstić information content (AvgIpc) is 2.18. The second kappa shape index (κ2) is 3.65. The molecule has 3 heteroatoms. The Hall–Kier alpha value is -1.38. The van der Waals surface area contributed by atoms with E-state index in [4.69, 9.17) is 5.73 Å². The summed E-state index contributed by atoms with van der Waals surface area (Å²) in [5.41, 5.74) is 9.22. The Morgan fingerprint density at radius 2 is 2.20 bits per heavy atom. The highest BCUT2D eigenvalue weighted by Crippen LogP contribution is 2.37. The third-order valence-electron chi connectivity index (χ3n) is 2.94. The van der Waals surface area contributed by atoms with Crippen LogP contribution in [0.4, 0.5) is 17.1 Å². The number of para-hydroxylation sites is 1. The predicted molar refractivity (Wildman–Crippen MR) is 66.4 cm³/mol. The van der Waals surface area contributed by atoms with Crippen LogP contribution in [-0.2, 0) is 0 Å². The fourth-order valence-electron chi connectivity index (χ4n) is 2.34. The van der Waals surface area contributed by atoms with E-state index in [1.165, 1.54) is 0 Å². The Bertz CT molecular complexity index is 360. The van der Waals surface area contributed by atoms with Gasteiger partial charge in [0, 0.05) is 18.6 Å². The molecule has 1 aliphatic heterocycles. The van der Waals surface area contributed by atoms with Crippen molar-refractivity contribution in [1.29, 1.82) is 0 Å². The molecule has 82 valence electrons. The zero-order valence-corrected chi connectivity index (χ0v) is 9.62. The monoisotopic (exact) mass is 205 g/mol. The van der Waals surface area contributed by atoms with E-state index in [0.29, 0.717) is 12.1 Å². The maximum atomic E-state index is 6.05. The molecule has 1 aliphatic rings. The third-order valence-corrected chi connectivity index (χ3v) is 2.94. The van der Waals surface area contributed by atoms with Gasteiger partial charge < -0.3 is 16.0 Å². The van der Waals surface area contributed by atoms with Crippen LogP contribution >= 0.6 is 0 Å². The van der Waals surface area contributed by atoms with Crippen LogP contribution in [0.5, 0.6) is 0 Å². The third kappa shape index (κ3) is 1.62. The molecule has 1 unspecified atom stereocenters. The van der Waals surface area contributed by atoms with Gasteiger partial charge in [0.05, 0.1) is 17.1 Å². The summed E-state index contributed by atoms with van der Waals surface area (Å²) in [6, 6.07) is 7.02. The van der Waals surface area contributed by atoms with Crippen LogP contribution in [0.1, 0.15) is 20.8 Å². The van der Waals surface area contributed by atoms with Crippen molar-refractivity contribution in [3.05, 3.63) is 18.2 Å². The molecule has 0 fully saturated rings. The van der Waals surface area contributed by atoms with Gasteiger partial charge in [-0.1, -0.05) is 6.07 Å². The van der Waals surface area contributed by atoms with Gasteiger partial charge >= 0.3 is 0 Å². The van der Waals surface area contributed by atoms with Crippen LogP contribution in [0.25, 0.3) is 0 Å². The highest BCUT2D eigenvalue weighted by atomic mass is 15.2. The van der Waals surface area contributed by atoms with Gasteiger partial charge in [-0.25, -0.2) is 0 Å². The van der Waals surface area contributed by atoms with Crippen LogP contribution in [0, 0.1) is 0 Å². The summed E-state index contributed by atoms with van der Waals surface area (Å²) in [4.78, 5) is 2.39. The maximum Gasteiger partial charge on any atom is 0.0840 e. The zero-order chi connectivity index (χ0) is 11.0. The predicted octanol–water partition coefficient (Wildman–Crippen LogP) is 2.30. The van der Waals surface area contributed by atoms with Crippen molar-refractivity contribution in [2.45, 2.75) is 32.9 Å². The zero-order valence-electron chi connectivity index (χ0n) is 9.62. The van der Waals surface area contributed by atoms with Crippen molar-refractivity contribution >= 4 is 17.1 Å². The lowest BCUT2D eigenvalue weighted by atomic mass is 10.1. The molecular formula is C12H19N3. The first-order valence-corrected chi connectivity index (χ1v) is 5.52. The first-order valence-electron chi connectivity index (χ1n) is 5.52. The largest absolute Gasteiger partial charge is 0.397 e. The van der Waals surface area contributed by atoms with E-state index < -0.39 is 0 Å². The number of hydrogen-bond acceptors (Lipinski definition) is 3. The Kier molecular flexibility index (Phi) is 2.47. The number of nitrogens with zero attached hydrogens (tertiary/aromatic N) is 1. The SMILES string of the molecule is CC(C)N1c2c(N)cccc2NCC1C. The van der Waals surface area contributed by atoms with E-state index in [1.807, 2.05) is 12.1 Å². The molecule has 0 radical (unpaired) electrons. The van der Waals surface area contributed by atoms with Gasteiger partial charge in [0.2, 0.25) is 0 Å². The van der Waals surface area contributed by atoms with Gasteiger partial charge in [-0.2, -0.15) is 0 Å². The van der Waals surface area contributed by atoms with Crippen molar-refractivity contribution < 1.29 is 0 Å². The molecule has 0 saturated carbocycles. The molecular weight excluding hydrogens is 186 g/mol. The van der Waals surface area contributed by atoms with Crippen molar-refractivity contribution in [3.63, 3.8) is 0 Å². The Balaban J connectivity index is 2.51. The van der Waals surface area contributed by atoms with E-state index in [1.54, 1.807) is 0 Å². The fraction of sp³-hybridized carbons (Fsp3) is 0.500. The molecule has 1 aromatic carbocycles. The molecule has 1 atom stereocenters. The van der Waals surface area contributed by atoms with Gasteiger partial charge in [-0.3, -0.25) is 0 Å². The van der Waals surface area contributed by atoms with Gasteiger partial charge in [0.25, 0.3) is 0 Å². The summed E-state index contributed by atoms with van der Waals surface area (Å²) in [5, 5.41) is 3.42. The first kappa shape index (κ1) is 10.1. The van der Waals surface area contributed by atoms with Crippen molar-refractivity contribution in [3.8, 4) is 0 Å². The minimum atomic E-state index is 0.477. The van der Waals surface area contributed by atoms with E-state index in [-0.39, 0.29) is 0 Å². The molecule has 0 saturated heterocycles.